The number of aliphatic hydroxyl groups excluding tert-OH is 1. The summed E-state index contributed by atoms with van der Waals surface area (Å²) in [6, 6.07) is 5.51. The van der Waals surface area contributed by atoms with Crippen molar-refractivity contribution in [1.82, 2.24) is 0 Å². The third-order valence-electron chi connectivity index (χ3n) is 2.68. The highest BCUT2D eigenvalue weighted by molar-refractivity contribution is 5.41. The zero-order valence-corrected chi connectivity index (χ0v) is 10.9. The predicted octanol–water partition coefficient (Wildman–Crippen LogP) is 3.32. The molecule has 0 saturated carbocycles. The first-order valence-electron chi connectivity index (χ1n) is 6.17. The third kappa shape index (κ3) is 4.27. The lowest BCUT2D eigenvalue weighted by Crippen LogP contribution is -2.02. The summed E-state index contributed by atoms with van der Waals surface area (Å²) in [5, 5.41) is 9.65. The number of ether oxygens (including phenoxy) is 2. The summed E-state index contributed by atoms with van der Waals surface area (Å²) in [7, 11) is 1.62. The number of methoxy groups -OCH3 is 1. The Morgan fingerprint density at radius 1 is 1.29 bits per heavy atom. The highest BCUT2D eigenvalue weighted by Gasteiger charge is 2.10. The molecule has 3 nitrogen and oxygen atoms in total. The number of benzene rings is 1. The first-order chi connectivity index (χ1) is 8.19. The van der Waals surface area contributed by atoms with E-state index >= 15 is 0 Å². The average Bonchev–Trinajstić information content (AvgIpc) is 2.34. The van der Waals surface area contributed by atoms with Gasteiger partial charge in [0.25, 0.3) is 0 Å². The SMILES string of the molecule is CCCCCOc1cc(OC)ccc1[C@H](C)O. The van der Waals surface area contributed by atoms with Crippen LogP contribution in [0, 0.1) is 0 Å². The van der Waals surface area contributed by atoms with E-state index in [0.29, 0.717) is 6.61 Å². The molecule has 0 amide bonds. The number of hydrogen-bond acceptors (Lipinski definition) is 3. The molecule has 0 heterocycles. The average molecular weight is 238 g/mol. The van der Waals surface area contributed by atoms with Gasteiger partial charge in [0, 0.05) is 11.6 Å². The van der Waals surface area contributed by atoms with Crippen LogP contribution in [0.3, 0.4) is 0 Å². The fourth-order valence-corrected chi connectivity index (χ4v) is 1.65. The fourth-order valence-electron chi connectivity index (χ4n) is 1.65. The van der Waals surface area contributed by atoms with Gasteiger partial charge in [0.15, 0.2) is 0 Å². The highest BCUT2D eigenvalue weighted by Crippen LogP contribution is 2.29. The Kier molecular flexibility index (Phi) is 5.84. The van der Waals surface area contributed by atoms with E-state index in [1.165, 1.54) is 6.42 Å². The van der Waals surface area contributed by atoms with Crippen molar-refractivity contribution < 1.29 is 14.6 Å². The molecule has 0 bridgehead atoms. The molecule has 1 rings (SSSR count). The lowest BCUT2D eigenvalue weighted by atomic mass is 10.1. The molecule has 0 aliphatic carbocycles. The van der Waals surface area contributed by atoms with E-state index in [-0.39, 0.29) is 0 Å². The molecule has 0 unspecified atom stereocenters. The van der Waals surface area contributed by atoms with Gasteiger partial charge in [-0.25, -0.2) is 0 Å². The topological polar surface area (TPSA) is 38.7 Å². The summed E-state index contributed by atoms with van der Waals surface area (Å²) in [6.45, 7) is 4.58. The molecule has 1 atom stereocenters. The van der Waals surface area contributed by atoms with Crippen molar-refractivity contribution in [2.75, 3.05) is 13.7 Å². The molecule has 0 aromatic heterocycles. The van der Waals surface area contributed by atoms with E-state index < -0.39 is 6.10 Å². The first-order valence-corrected chi connectivity index (χ1v) is 6.17. The second-order valence-electron chi connectivity index (χ2n) is 4.14. The first kappa shape index (κ1) is 13.8. The van der Waals surface area contributed by atoms with Crippen LogP contribution in [0.5, 0.6) is 11.5 Å². The van der Waals surface area contributed by atoms with E-state index in [4.69, 9.17) is 9.47 Å². The van der Waals surface area contributed by atoms with Gasteiger partial charge in [-0.1, -0.05) is 19.8 Å². The molecule has 0 aliphatic rings. The van der Waals surface area contributed by atoms with E-state index in [1.54, 1.807) is 14.0 Å². The summed E-state index contributed by atoms with van der Waals surface area (Å²) in [4.78, 5) is 0. The van der Waals surface area contributed by atoms with Crippen molar-refractivity contribution in [3.05, 3.63) is 23.8 Å². The van der Waals surface area contributed by atoms with Gasteiger partial charge in [-0.15, -0.1) is 0 Å². The maximum absolute atomic E-state index is 9.65. The second kappa shape index (κ2) is 7.17. The molecule has 96 valence electrons. The van der Waals surface area contributed by atoms with Crippen molar-refractivity contribution in [2.24, 2.45) is 0 Å². The maximum atomic E-state index is 9.65. The van der Waals surface area contributed by atoms with Gasteiger partial charge in [-0.2, -0.15) is 0 Å². The van der Waals surface area contributed by atoms with Crippen LogP contribution in [-0.2, 0) is 0 Å². The second-order valence-corrected chi connectivity index (χ2v) is 4.14. The smallest absolute Gasteiger partial charge is 0.128 e. The summed E-state index contributed by atoms with van der Waals surface area (Å²) in [5.74, 6) is 1.47. The number of unbranched alkanes of at least 4 members (excludes halogenated alkanes) is 2. The molecule has 1 aromatic carbocycles. The van der Waals surface area contributed by atoms with E-state index in [9.17, 15) is 5.11 Å². The molecule has 0 radical (unpaired) electrons. The Balaban J connectivity index is 2.71. The molecule has 3 heteroatoms. The quantitative estimate of drug-likeness (QED) is 0.741. The van der Waals surface area contributed by atoms with Gasteiger partial charge < -0.3 is 14.6 Å². The predicted molar refractivity (Wildman–Crippen MR) is 68.6 cm³/mol. The molecule has 0 spiro atoms. The number of hydrogen-bond donors (Lipinski definition) is 1. The third-order valence-corrected chi connectivity index (χ3v) is 2.68. The summed E-state index contributed by atoms with van der Waals surface area (Å²) in [5.41, 5.74) is 0.808. The van der Waals surface area contributed by atoms with E-state index in [0.717, 1.165) is 29.9 Å². The zero-order valence-electron chi connectivity index (χ0n) is 10.9. The van der Waals surface area contributed by atoms with Crippen LogP contribution < -0.4 is 9.47 Å². The molecule has 0 fully saturated rings. The molecule has 17 heavy (non-hydrogen) atoms. The van der Waals surface area contributed by atoms with Gasteiger partial charge in [0.2, 0.25) is 0 Å². The van der Waals surface area contributed by atoms with Crippen molar-refractivity contribution in [1.29, 1.82) is 0 Å². The zero-order chi connectivity index (χ0) is 12.7. The minimum atomic E-state index is -0.526. The van der Waals surface area contributed by atoms with Crippen molar-refractivity contribution in [3.8, 4) is 11.5 Å². The van der Waals surface area contributed by atoms with Crippen molar-refractivity contribution >= 4 is 0 Å². The Bertz CT molecular complexity index is 334. The molecular formula is C14H22O3. The highest BCUT2D eigenvalue weighted by atomic mass is 16.5. The van der Waals surface area contributed by atoms with Crippen LogP contribution >= 0.6 is 0 Å². The summed E-state index contributed by atoms with van der Waals surface area (Å²) in [6.07, 6.45) is 2.84. The lowest BCUT2D eigenvalue weighted by molar-refractivity contribution is 0.190. The van der Waals surface area contributed by atoms with Crippen LogP contribution in [0.2, 0.25) is 0 Å². The van der Waals surface area contributed by atoms with Crippen LogP contribution in [0.25, 0.3) is 0 Å². The lowest BCUT2D eigenvalue weighted by Gasteiger charge is -2.14. The van der Waals surface area contributed by atoms with E-state index in [2.05, 4.69) is 6.92 Å². The van der Waals surface area contributed by atoms with E-state index in [1.807, 2.05) is 18.2 Å². The van der Waals surface area contributed by atoms with Crippen LogP contribution in [0.15, 0.2) is 18.2 Å². The van der Waals surface area contributed by atoms with Crippen LogP contribution in [-0.4, -0.2) is 18.8 Å². The van der Waals surface area contributed by atoms with Gasteiger partial charge >= 0.3 is 0 Å². The van der Waals surface area contributed by atoms with Gasteiger partial charge in [0.1, 0.15) is 11.5 Å². The minimum absolute atomic E-state index is 0.526. The summed E-state index contributed by atoms with van der Waals surface area (Å²) < 4.78 is 10.9. The Hall–Kier alpha value is -1.22. The Morgan fingerprint density at radius 3 is 2.65 bits per heavy atom. The molecule has 0 saturated heterocycles. The van der Waals surface area contributed by atoms with Crippen molar-refractivity contribution in [2.45, 2.75) is 39.2 Å². The molecular weight excluding hydrogens is 216 g/mol. The van der Waals surface area contributed by atoms with Gasteiger partial charge in [-0.05, 0) is 25.5 Å². The number of rotatable bonds is 7. The monoisotopic (exact) mass is 238 g/mol. The molecule has 1 N–H and O–H groups in total. The molecule has 1 aromatic rings. The number of aliphatic hydroxyl groups is 1. The standard InChI is InChI=1S/C14H22O3/c1-4-5-6-9-17-14-10-12(16-3)7-8-13(14)11(2)15/h7-8,10-11,15H,4-6,9H2,1-3H3/t11-/m0/s1. The Labute approximate surface area is 103 Å². The fraction of sp³-hybridized carbons (Fsp3) is 0.571. The maximum Gasteiger partial charge on any atom is 0.128 e. The van der Waals surface area contributed by atoms with Gasteiger partial charge in [0.05, 0.1) is 19.8 Å². The minimum Gasteiger partial charge on any atom is -0.497 e. The van der Waals surface area contributed by atoms with Crippen LogP contribution in [0.1, 0.15) is 44.8 Å². The van der Waals surface area contributed by atoms with Crippen molar-refractivity contribution in [3.63, 3.8) is 0 Å². The normalized spacial score (nSPS) is 12.2. The summed E-state index contributed by atoms with van der Waals surface area (Å²) >= 11 is 0. The van der Waals surface area contributed by atoms with Crippen LogP contribution in [0.4, 0.5) is 0 Å². The Morgan fingerprint density at radius 2 is 2.06 bits per heavy atom. The van der Waals surface area contributed by atoms with Gasteiger partial charge in [-0.3, -0.25) is 0 Å². The largest absolute Gasteiger partial charge is 0.497 e. The molecule has 0 aliphatic heterocycles.